The van der Waals surface area contributed by atoms with Crippen LogP contribution in [0.5, 0.6) is 0 Å². The highest BCUT2D eigenvalue weighted by Crippen LogP contribution is 2.35. The van der Waals surface area contributed by atoms with E-state index in [0.29, 0.717) is 26.3 Å². The Kier molecular flexibility index (Phi) is 6.39. The van der Waals surface area contributed by atoms with Crippen molar-refractivity contribution in [2.45, 2.75) is 6.18 Å². The van der Waals surface area contributed by atoms with Crippen LogP contribution in [0.15, 0.2) is 48.0 Å². The van der Waals surface area contributed by atoms with Crippen molar-refractivity contribution in [3.63, 3.8) is 0 Å². The molecule has 148 valence electrons. The van der Waals surface area contributed by atoms with Gasteiger partial charge in [-0.1, -0.05) is 34.8 Å². The van der Waals surface area contributed by atoms with Gasteiger partial charge in [0.05, 0.1) is 27.0 Å². The van der Waals surface area contributed by atoms with E-state index in [9.17, 15) is 18.4 Å². The van der Waals surface area contributed by atoms with E-state index < -0.39 is 11.7 Å². The molecule has 0 aliphatic heterocycles. The molecule has 0 fully saturated rings. The summed E-state index contributed by atoms with van der Waals surface area (Å²) in [4.78, 5) is 4.38. The van der Waals surface area contributed by atoms with Crippen LogP contribution >= 0.6 is 46.1 Å². The van der Waals surface area contributed by atoms with Gasteiger partial charge in [-0.15, -0.1) is 11.3 Å². The van der Waals surface area contributed by atoms with E-state index in [0.717, 1.165) is 18.2 Å². The monoisotopic (exact) mass is 473 g/mol. The summed E-state index contributed by atoms with van der Waals surface area (Å²) in [6, 6.07) is 9.81. The largest absolute Gasteiger partial charge is 0.416 e. The Bertz CT molecular complexity index is 1130. The average molecular weight is 475 g/mol. The Balaban J connectivity index is 1.89. The number of rotatable bonds is 4. The van der Waals surface area contributed by atoms with E-state index in [4.69, 9.17) is 34.8 Å². The molecule has 29 heavy (non-hydrogen) atoms. The predicted molar refractivity (Wildman–Crippen MR) is 111 cm³/mol. The van der Waals surface area contributed by atoms with Crippen molar-refractivity contribution in [3.05, 3.63) is 73.6 Å². The summed E-state index contributed by atoms with van der Waals surface area (Å²) >= 11 is 19.2. The number of alkyl halides is 3. The SMILES string of the molecule is N#CC(=CNc1cc(C(F)(F)F)ccc1Cl)c1nc(-c2ccc(Cl)cc2Cl)cs1. The van der Waals surface area contributed by atoms with Crippen molar-refractivity contribution < 1.29 is 13.2 Å². The maximum atomic E-state index is 12.9. The Morgan fingerprint density at radius 1 is 1.10 bits per heavy atom. The number of nitriles is 1. The molecule has 0 amide bonds. The number of benzene rings is 2. The smallest absolute Gasteiger partial charge is 0.359 e. The molecule has 3 nitrogen and oxygen atoms in total. The summed E-state index contributed by atoms with van der Waals surface area (Å²) in [7, 11) is 0. The van der Waals surface area contributed by atoms with Crippen LogP contribution in [0.4, 0.5) is 18.9 Å². The Labute approximate surface area is 183 Å². The van der Waals surface area contributed by atoms with Gasteiger partial charge in [-0.25, -0.2) is 4.98 Å². The quantitative estimate of drug-likeness (QED) is 0.393. The third-order valence-electron chi connectivity index (χ3n) is 3.73. The zero-order chi connectivity index (χ0) is 21.2. The first kappa shape index (κ1) is 21.5. The Morgan fingerprint density at radius 3 is 2.52 bits per heavy atom. The second-order valence-electron chi connectivity index (χ2n) is 5.67. The van der Waals surface area contributed by atoms with E-state index in [1.165, 1.54) is 17.5 Å². The molecule has 0 saturated carbocycles. The normalized spacial score (nSPS) is 12.0. The van der Waals surface area contributed by atoms with Crippen LogP contribution in [-0.4, -0.2) is 4.98 Å². The maximum Gasteiger partial charge on any atom is 0.416 e. The first-order chi connectivity index (χ1) is 13.7. The van der Waals surface area contributed by atoms with Crippen LogP contribution in [0.1, 0.15) is 10.6 Å². The highest BCUT2D eigenvalue weighted by Gasteiger charge is 2.30. The lowest BCUT2D eigenvalue weighted by Gasteiger charge is -2.10. The highest BCUT2D eigenvalue weighted by atomic mass is 35.5. The minimum absolute atomic E-state index is 0.0202. The molecule has 1 aromatic heterocycles. The van der Waals surface area contributed by atoms with Gasteiger partial charge in [-0.3, -0.25) is 0 Å². The van der Waals surface area contributed by atoms with E-state index >= 15 is 0 Å². The summed E-state index contributed by atoms with van der Waals surface area (Å²) in [6.45, 7) is 0. The number of aromatic nitrogens is 1. The van der Waals surface area contributed by atoms with Gasteiger partial charge in [0.25, 0.3) is 0 Å². The second-order valence-corrected chi connectivity index (χ2v) is 7.78. The van der Waals surface area contributed by atoms with Gasteiger partial charge in [0.2, 0.25) is 0 Å². The van der Waals surface area contributed by atoms with Crippen molar-refractivity contribution >= 4 is 57.4 Å². The number of allylic oxidation sites excluding steroid dienone is 1. The number of halogens is 6. The molecular formula is C19H9Cl3F3N3S. The second kappa shape index (κ2) is 8.64. The zero-order valence-electron chi connectivity index (χ0n) is 14.2. The average Bonchev–Trinajstić information content (AvgIpc) is 3.12. The number of nitrogens with zero attached hydrogens (tertiary/aromatic N) is 2. The number of anilines is 1. The fourth-order valence-electron chi connectivity index (χ4n) is 2.32. The minimum atomic E-state index is -4.51. The van der Waals surface area contributed by atoms with E-state index in [-0.39, 0.29) is 16.3 Å². The topological polar surface area (TPSA) is 48.7 Å². The molecule has 0 unspecified atom stereocenters. The molecule has 0 aliphatic rings. The zero-order valence-corrected chi connectivity index (χ0v) is 17.3. The van der Waals surface area contributed by atoms with Crippen molar-refractivity contribution in [3.8, 4) is 17.3 Å². The predicted octanol–water partition coefficient (Wildman–Crippen LogP) is 7.77. The lowest BCUT2D eigenvalue weighted by atomic mass is 10.2. The fourth-order valence-corrected chi connectivity index (χ4v) is 3.79. The number of thiazole rings is 1. The molecule has 0 spiro atoms. The third kappa shape index (κ3) is 5.03. The van der Waals surface area contributed by atoms with Gasteiger partial charge < -0.3 is 5.32 Å². The molecule has 0 atom stereocenters. The van der Waals surface area contributed by atoms with Crippen molar-refractivity contribution in [2.24, 2.45) is 0 Å². The van der Waals surface area contributed by atoms with Gasteiger partial charge >= 0.3 is 6.18 Å². The molecule has 2 aromatic carbocycles. The summed E-state index contributed by atoms with van der Waals surface area (Å²) in [5, 5.41) is 15.1. The standard InChI is InChI=1S/C19H9Cl3F3N3S/c20-12-2-3-13(15(22)6-12)17-9-29-18(28-17)10(7-26)8-27-16-5-11(19(23,24)25)1-4-14(16)21/h1-6,8-9,27H. The van der Waals surface area contributed by atoms with Crippen LogP contribution in [0.2, 0.25) is 15.1 Å². The number of hydrogen-bond acceptors (Lipinski definition) is 4. The first-order valence-corrected chi connectivity index (χ1v) is 9.85. The van der Waals surface area contributed by atoms with Gasteiger partial charge in [0.1, 0.15) is 16.6 Å². The van der Waals surface area contributed by atoms with Crippen LogP contribution in [0, 0.1) is 11.3 Å². The van der Waals surface area contributed by atoms with E-state index in [2.05, 4.69) is 10.3 Å². The summed E-state index contributed by atoms with van der Waals surface area (Å²) in [6.07, 6.45) is -3.25. The first-order valence-electron chi connectivity index (χ1n) is 7.84. The van der Waals surface area contributed by atoms with Crippen molar-refractivity contribution in [2.75, 3.05) is 5.32 Å². The number of hydrogen-bond donors (Lipinski definition) is 1. The lowest BCUT2D eigenvalue weighted by molar-refractivity contribution is -0.137. The highest BCUT2D eigenvalue weighted by molar-refractivity contribution is 7.11. The van der Waals surface area contributed by atoms with E-state index in [1.54, 1.807) is 23.6 Å². The Morgan fingerprint density at radius 2 is 1.86 bits per heavy atom. The molecule has 3 aromatic rings. The molecule has 1 heterocycles. The van der Waals surface area contributed by atoms with Gasteiger partial charge in [0, 0.05) is 22.2 Å². The van der Waals surface area contributed by atoms with Gasteiger partial charge in [-0.2, -0.15) is 18.4 Å². The van der Waals surface area contributed by atoms with Crippen LogP contribution < -0.4 is 5.32 Å². The van der Waals surface area contributed by atoms with E-state index in [1.807, 2.05) is 6.07 Å². The third-order valence-corrected chi connectivity index (χ3v) is 5.48. The van der Waals surface area contributed by atoms with Crippen LogP contribution in [0.25, 0.3) is 16.8 Å². The van der Waals surface area contributed by atoms with Crippen molar-refractivity contribution in [1.82, 2.24) is 4.98 Å². The van der Waals surface area contributed by atoms with Gasteiger partial charge in [-0.05, 0) is 36.4 Å². The summed E-state index contributed by atoms with van der Waals surface area (Å²) in [5.41, 5.74) is 0.478. The van der Waals surface area contributed by atoms with Crippen LogP contribution in [0.3, 0.4) is 0 Å². The summed E-state index contributed by atoms with van der Waals surface area (Å²) < 4.78 is 38.7. The Hall–Kier alpha value is -2.24. The molecule has 0 aliphatic carbocycles. The summed E-state index contributed by atoms with van der Waals surface area (Å²) in [5.74, 6) is 0. The number of nitrogens with one attached hydrogen (secondary N) is 1. The molecule has 10 heteroatoms. The molecule has 0 bridgehead atoms. The maximum absolute atomic E-state index is 12.9. The van der Waals surface area contributed by atoms with Crippen LogP contribution in [-0.2, 0) is 6.18 Å². The molecule has 0 radical (unpaired) electrons. The molecule has 0 saturated heterocycles. The van der Waals surface area contributed by atoms with Gasteiger partial charge in [0.15, 0.2) is 0 Å². The van der Waals surface area contributed by atoms with Crippen molar-refractivity contribution in [1.29, 1.82) is 5.26 Å². The molecule has 1 N–H and O–H groups in total. The molecule has 3 rings (SSSR count). The lowest BCUT2D eigenvalue weighted by Crippen LogP contribution is -2.05. The fraction of sp³-hybridized carbons (Fsp3) is 0.0526. The minimum Gasteiger partial charge on any atom is -0.359 e. The molecular weight excluding hydrogens is 466 g/mol.